The zero-order valence-corrected chi connectivity index (χ0v) is 11.4. The first kappa shape index (κ1) is 13.3. The van der Waals surface area contributed by atoms with Crippen LogP contribution in [-0.4, -0.2) is 12.6 Å². The van der Waals surface area contributed by atoms with Crippen LogP contribution in [0.4, 0.5) is 4.39 Å². The predicted octanol–water partition coefficient (Wildman–Crippen LogP) is 3.67. The van der Waals surface area contributed by atoms with Gasteiger partial charge in [0.15, 0.2) is 0 Å². The van der Waals surface area contributed by atoms with Crippen molar-refractivity contribution in [3.63, 3.8) is 0 Å². The van der Waals surface area contributed by atoms with Gasteiger partial charge in [0, 0.05) is 18.0 Å². The second-order valence-corrected chi connectivity index (χ2v) is 5.07. The summed E-state index contributed by atoms with van der Waals surface area (Å²) >= 11 is 0. The largest absolute Gasteiger partial charge is 0.490 e. The molecule has 3 unspecified atom stereocenters. The fraction of sp³-hybridized carbons (Fsp3) is 0.600. The molecule has 0 bridgehead atoms. The van der Waals surface area contributed by atoms with Gasteiger partial charge < -0.3 is 10.1 Å². The summed E-state index contributed by atoms with van der Waals surface area (Å²) in [7, 11) is 0. The van der Waals surface area contributed by atoms with Crippen molar-refractivity contribution in [3.8, 4) is 5.75 Å². The van der Waals surface area contributed by atoms with Gasteiger partial charge in [-0.2, -0.15) is 0 Å². The molecular formula is C15H22FNO. The minimum Gasteiger partial charge on any atom is -0.490 e. The fourth-order valence-corrected chi connectivity index (χ4v) is 2.52. The van der Waals surface area contributed by atoms with Crippen LogP contribution >= 0.6 is 0 Å². The fourth-order valence-electron chi connectivity index (χ4n) is 2.52. The highest BCUT2D eigenvalue weighted by Crippen LogP contribution is 2.37. The molecule has 18 heavy (non-hydrogen) atoms. The maximum Gasteiger partial charge on any atom is 0.124 e. The van der Waals surface area contributed by atoms with E-state index in [0.29, 0.717) is 5.92 Å². The Hall–Kier alpha value is -1.09. The Labute approximate surface area is 109 Å². The summed E-state index contributed by atoms with van der Waals surface area (Å²) in [4.78, 5) is 0. The van der Waals surface area contributed by atoms with E-state index >= 15 is 0 Å². The number of ether oxygens (including phenoxy) is 1. The zero-order valence-electron chi connectivity index (χ0n) is 11.4. The van der Waals surface area contributed by atoms with Crippen LogP contribution < -0.4 is 10.1 Å². The molecule has 1 heterocycles. The lowest BCUT2D eigenvalue weighted by Gasteiger charge is -2.35. The van der Waals surface area contributed by atoms with Gasteiger partial charge in [-0.25, -0.2) is 4.39 Å². The smallest absolute Gasteiger partial charge is 0.124 e. The summed E-state index contributed by atoms with van der Waals surface area (Å²) < 4.78 is 19.4. The van der Waals surface area contributed by atoms with Crippen molar-refractivity contribution in [2.45, 2.75) is 45.8 Å². The third-order valence-corrected chi connectivity index (χ3v) is 3.82. The number of benzene rings is 1. The van der Waals surface area contributed by atoms with Gasteiger partial charge in [0.25, 0.3) is 0 Å². The number of fused-ring (bicyclic) bond motifs is 1. The summed E-state index contributed by atoms with van der Waals surface area (Å²) in [5.74, 6) is 1.16. The number of hydrogen-bond donors (Lipinski definition) is 1. The second-order valence-electron chi connectivity index (χ2n) is 5.07. The third kappa shape index (κ3) is 2.66. The Morgan fingerprint density at radius 3 is 2.89 bits per heavy atom. The predicted molar refractivity (Wildman–Crippen MR) is 71.3 cm³/mol. The molecule has 0 fully saturated rings. The maximum absolute atomic E-state index is 13.3. The van der Waals surface area contributed by atoms with Crippen molar-refractivity contribution in [1.82, 2.24) is 5.32 Å². The second kappa shape index (κ2) is 5.70. The first-order chi connectivity index (χ1) is 8.65. The standard InChI is InChI=1S/C15H22FNO/c1-4-10(3)15-9-13(17-5-2)12-8-11(16)6-7-14(12)18-15/h6-8,10,13,15,17H,4-5,9H2,1-3H3. The van der Waals surface area contributed by atoms with Crippen LogP contribution in [0.5, 0.6) is 5.75 Å². The minimum absolute atomic E-state index is 0.192. The lowest BCUT2D eigenvalue weighted by atomic mass is 9.89. The van der Waals surface area contributed by atoms with Crippen LogP contribution in [0.1, 0.15) is 45.2 Å². The molecule has 1 aliphatic rings. The molecular weight excluding hydrogens is 229 g/mol. The maximum atomic E-state index is 13.3. The van der Waals surface area contributed by atoms with Gasteiger partial charge in [-0.05, 0) is 30.7 Å². The van der Waals surface area contributed by atoms with Crippen molar-refractivity contribution in [2.24, 2.45) is 5.92 Å². The van der Waals surface area contributed by atoms with E-state index in [1.54, 1.807) is 12.1 Å². The zero-order chi connectivity index (χ0) is 13.1. The average molecular weight is 251 g/mol. The molecule has 3 heteroatoms. The first-order valence-electron chi connectivity index (χ1n) is 6.85. The molecule has 2 nitrogen and oxygen atoms in total. The molecule has 2 rings (SSSR count). The normalized spacial score (nSPS) is 24.2. The van der Waals surface area contributed by atoms with E-state index in [0.717, 1.165) is 30.7 Å². The molecule has 0 radical (unpaired) electrons. The van der Waals surface area contributed by atoms with Crippen molar-refractivity contribution in [3.05, 3.63) is 29.6 Å². The van der Waals surface area contributed by atoms with E-state index in [-0.39, 0.29) is 18.0 Å². The Kier molecular flexibility index (Phi) is 4.23. The molecule has 100 valence electrons. The molecule has 3 atom stereocenters. The van der Waals surface area contributed by atoms with Crippen molar-refractivity contribution in [2.75, 3.05) is 6.54 Å². The Morgan fingerprint density at radius 1 is 1.44 bits per heavy atom. The molecule has 0 saturated carbocycles. The number of hydrogen-bond acceptors (Lipinski definition) is 2. The summed E-state index contributed by atoms with van der Waals surface area (Å²) in [5.41, 5.74) is 0.955. The quantitative estimate of drug-likeness (QED) is 0.881. The van der Waals surface area contributed by atoms with Gasteiger partial charge in [0.1, 0.15) is 17.7 Å². The molecule has 0 amide bonds. The molecule has 0 saturated heterocycles. The van der Waals surface area contributed by atoms with E-state index in [2.05, 4.69) is 26.1 Å². The summed E-state index contributed by atoms with van der Waals surface area (Å²) in [6.07, 6.45) is 2.23. The molecule has 1 aromatic carbocycles. The van der Waals surface area contributed by atoms with Crippen LogP contribution in [0, 0.1) is 11.7 Å². The first-order valence-corrected chi connectivity index (χ1v) is 6.85. The Morgan fingerprint density at radius 2 is 2.22 bits per heavy atom. The topological polar surface area (TPSA) is 21.3 Å². The highest BCUT2D eigenvalue weighted by atomic mass is 19.1. The van der Waals surface area contributed by atoms with E-state index in [4.69, 9.17) is 4.74 Å². The number of nitrogens with one attached hydrogen (secondary N) is 1. The van der Waals surface area contributed by atoms with Gasteiger partial charge >= 0.3 is 0 Å². The van der Waals surface area contributed by atoms with E-state index in [9.17, 15) is 4.39 Å². The third-order valence-electron chi connectivity index (χ3n) is 3.82. The lowest BCUT2D eigenvalue weighted by molar-refractivity contribution is 0.0981. The van der Waals surface area contributed by atoms with Gasteiger partial charge in [-0.3, -0.25) is 0 Å². The van der Waals surface area contributed by atoms with Crippen LogP contribution in [-0.2, 0) is 0 Å². The van der Waals surface area contributed by atoms with Gasteiger partial charge in [0.2, 0.25) is 0 Å². The monoisotopic (exact) mass is 251 g/mol. The van der Waals surface area contributed by atoms with Gasteiger partial charge in [-0.1, -0.05) is 27.2 Å². The SMILES string of the molecule is CCNC1CC(C(C)CC)Oc2ccc(F)cc21. The van der Waals surface area contributed by atoms with Crippen LogP contribution in [0.2, 0.25) is 0 Å². The van der Waals surface area contributed by atoms with Gasteiger partial charge in [-0.15, -0.1) is 0 Å². The highest BCUT2D eigenvalue weighted by molar-refractivity contribution is 5.38. The summed E-state index contributed by atoms with van der Waals surface area (Å²) in [6, 6.07) is 5.02. The lowest BCUT2D eigenvalue weighted by Crippen LogP contribution is -2.36. The van der Waals surface area contributed by atoms with Crippen molar-refractivity contribution >= 4 is 0 Å². The van der Waals surface area contributed by atoms with E-state index in [1.165, 1.54) is 6.07 Å². The Balaban J connectivity index is 2.28. The summed E-state index contributed by atoms with van der Waals surface area (Å²) in [5, 5.41) is 3.43. The molecule has 1 aliphatic heterocycles. The van der Waals surface area contributed by atoms with Crippen LogP contribution in [0.25, 0.3) is 0 Å². The van der Waals surface area contributed by atoms with E-state index in [1.807, 2.05) is 0 Å². The highest BCUT2D eigenvalue weighted by Gasteiger charge is 2.30. The molecule has 1 aromatic rings. The molecule has 0 aliphatic carbocycles. The minimum atomic E-state index is -0.192. The molecule has 0 spiro atoms. The Bertz CT molecular complexity index is 407. The molecule has 0 aromatic heterocycles. The van der Waals surface area contributed by atoms with E-state index < -0.39 is 0 Å². The van der Waals surface area contributed by atoms with Crippen molar-refractivity contribution in [1.29, 1.82) is 0 Å². The average Bonchev–Trinajstić information content (AvgIpc) is 2.38. The van der Waals surface area contributed by atoms with Crippen LogP contribution in [0.15, 0.2) is 18.2 Å². The van der Waals surface area contributed by atoms with Gasteiger partial charge in [0.05, 0.1) is 0 Å². The van der Waals surface area contributed by atoms with Crippen LogP contribution in [0.3, 0.4) is 0 Å². The van der Waals surface area contributed by atoms with Crippen molar-refractivity contribution < 1.29 is 9.13 Å². The number of halogens is 1. The summed E-state index contributed by atoms with van der Waals surface area (Å²) in [6.45, 7) is 7.35. The molecule has 1 N–H and O–H groups in total. The number of rotatable bonds is 4.